The van der Waals surface area contributed by atoms with Crippen LogP contribution in [0.3, 0.4) is 0 Å². The maximum absolute atomic E-state index is 10.6. The molecule has 1 aliphatic heterocycles. The first kappa shape index (κ1) is 18.0. The third kappa shape index (κ3) is 6.61. The Morgan fingerprint density at radius 3 is 2.14 bits per heavy atom. The van der Waals surface area contributed by atoms with E-state index in [-0.39, 0.29) is 0 Å². The molecule has 1 aromatic carbocycles. The van der Waals surface area contributed by atoms with E-state index in [0.29, 0.717) is 12.8 Å². The van der Waals surface area contributed by atoms with Crippen molar-refractivity contribution in [1.29, 1.82) is 0 Å². The second-order valence-corrected chi connectivity index (χ2v) is 4.70. The van der Waals surface area contributed by atoms with Gasteiger partial charge in [0.05, 0.1) is 0 Å². The van der Waals surface area contributed by atoms with Crippen molar-refractivity contribution in [2.45, 2.75) is 24.6 Å². The highest BCUT2D eigenvalue weighted by Gasteiger charge is 2.38. The van der Waals surface area contributed by atoms with Gasteiger partial charge in [0.2, 0.25) is 0 Å². The van der Waals surface area contributed by atoms with E-state index in [4.69, 9.17) is 9.90 Å². The number of alkyl halides is 3. The standard InChI is InChI=1S/C13H15NO.C2HF3O2/c15-13(8-10-14-11-9-13)7-6-12-4-2-1-3-5-12;3-2(4,5)1(6)7/h1-5,14-15H,8-11H2;(H,6,7). The zero-order valence-corrected chi connectivity index (χ0v) is 11.7. The number of benzene rings is 1. The highest BCUT2D eigenvalue weighted by molar-refractivity contribution is 5.73. The summed E-state index contributed by atoms with van der Waals surface area (Å²) in [6.07, 6.45) is -3.65. The molecule has 1 fully saturated rings. The first-order valence-electron chi connectivity index (χ1n) is 6.54. The molecular weight excluding hydrogens is 299 g/mol. The third-order valence-corrected chi connectivity index (χ3v) is 2.89. The van der Waals surface area contributed by atoms with Crippen LogP contribution in [0.15, 0.2) is 30.3 Å². The van der Waals surface area contributed by atoms with Gasteiger partial charge in [-0.1, -0.05) is 30.0 Å². The van der Waals surface area contributed by atoms with Crippen LogP contribution < -0.4 is 5.32 Å². The molecule has 0 amide bonds. The average Bonchev–Trinajstić information content (AvgIpc) is 2.47. The molecule has 0 saturated carbocycles. The molecule has 2 rings (SSSR count). The minimum atomic E-state index is -5.08. The first-order chi connectivity index (χ1) is 10.2. The number of carboxylic acid groups (broad SMARTS) is 1. The maximum atomic E-state index is 10.6. The number of carbonyl (C=O) groups is 1. The molecule has 1 aliphatic rings. The lowest BCUT2D eigenvalue weighted by atomic mass is 9.93. The number of hydrogen-bond donors (Lipinski definition) is 3. The number of piperidine rings is 1. The summed E-state index contributed by atoms with van der Waals surface area (Å²) in [6.45, 7) is 1.69. The smallest absolute Gasteiger partial charge is 0.475 e. The quantitative estimate of drug-likeness (QED) is 0.639. The molecule has 0 spiro atoms. The molecule has 1 heterocycles. The largest absolute Gasteiger partial charge is 0.490 e. The van der Waals surface area contributed by atoms with Gasteiger partial charge in [0.25, 0.3) is 0 Å². The second-order valence-electron chi connectivity index (χ2n) is 4.70. The van der Waals surface area contributed by atoms with Crippen LogP contribution in [0.1, 0.15) is 18.4 Å². The molecule has 0 atom stereocenters. The van der Waals surface area contributed by atoms with Crippen molar-refractivity contribution in [1.82, 2.24) is 5.32 Å². The highest BCUT2D eigenvalue weighted by atomic mass is 19.4. The van der Waals surface area contributed by atoms with Crippen molar-refractivity contribution >= 4 is 5.97 Å². The summed E-state index contributed by atoms with van der Waals surface area (Å²) in [5, 5.41) is 20.5. The molecule has 120 valence electrons. The van der Waals surface area contributed by atoms with Crippen molar-refractivity contribution < 1.29 is 28.2 Å². The Labute approximate surface area is 126 Å². The van der Waals surface area contributed by atoms with E-state index in [1.54, 1.807) is 0 Å². The van der Waals surface area contributed by atoms with Gasteiger partial charge in [-0.3, -0.25) is 0 Å². The van der Waals surface area contributed by atoms with Gasteiger partial charge in [-0.05, 0) is 38.1 Å². The summed E-state index contributed by atoms with van der Waals surface area (Å²) in [5.74, 6) is 3.25. The fraction of sp³-hybridized carbons (Fsp3) is 0.400. The van der Waals surface area contributed by atoms with Crippen LogP contribution in [0.5, 0.6) is 0 Å². The molecule has 0 aliphatic carbocycles. The fourth-order valence-electron chi connectivity index (χ4n) is 1.68. The number of rotatable bonds is 0. The predicted octanol–water partition coefficient (Wildman–Crippen LogP) is 1.79. The molecule has 7 heteroatoms. The summed E-state index contributed by atoms with van der Waals surface area (Å²) < 4.78 is 31.7. The number of hydrogen-bond acceptors (Lipinski definition) is 3. The summed E-state index contributed by atoms with van der Waals surface area (Å²) in [5.41, 5.74) is 0.172. The third-order valence-electron chi connectivity index (χ3n) is 2.89. The maximum Gasteiger partial charge on any atom is 0.490 e. The monoisotopic (exact) mass is 315 g/mol. The number of aliphatic hydroxyl groups is 1. The lowest BCUT2D eigenvalue weighted by Crippen LogP contribution is -2.40. The van der Waals surface area contributed by atoms with Crippen molar-refractivity contribution in [3.63, 3.8) is 0 Å². The van der Waals surface area contributed by atoms with E-state index >= 15 is 0 Å². The molecule has 0 aromatic heterocycles. The Hall–Kier alpha value is -2.04. The minimum absolute atomic E-state index is 0.715. The van der Waals surface area contributed by atoms with Gasteiger partial charge in [0, 0.05) is 5.56 Å². The molecule has 0 radical (unpaired) electrons. The Kier molecular flexibility index (Phi) is 6.40. The van der Waals surface area contributed by atoms with Gasteiger partial charge < -0.3 is 15.5 Å². The SMILES string of the molecule is O=C(O)C(F)(F)F.OC1(C#Cc2ccccc2)CCNCC1. The first-order valence-corrected chi connectivity index (χ1v) is 6.54. The average molecular weight is 315 g/mol. The summed E-state index contributed by atoms with van der Waals surface area (Å²) in [7, 11) is 0. The number of aliphatic carboxylic acids is 1. The lowest BCUT2D eigenvalue weighted by Gasteiger charge is -2.27. The molecule has 3 N–H and O–H groups in total. The Morgan fingerprint density at radius 2 is 1.68 bits per heavy atom. The Morgan fingerprint density at radius 1 is 1.18 bits per heavy atom. The highest BCUT2D eigenvalue weighted by Crippen LogP contribution is 2.16. The second kappa shape index (κ2) is 7.82. The van der Waals surface area contributed by atoms with Crippen LogP contribution in [-0.2, 0) is 4.79 Å². The van der Waals surface area contributed by atoms with Crippen molar-refractivity contribution in [2.75, 3.05) is 13.1 Å². The summed E-state index contributed by atoms with van der Waals surface area (Å²) in [6, 6.07) is 9.78. The van der Waals surface area contributed by atoms with Crippen LogP contribution in [0.2, 0.25) is 0 Å². The molecule has 1 aromatic rings. The summed E-state index contributed by atoms with van der Waals surface area (Å²) >= 11 is 0. The molecule has 0 bridgehead atoms. The van der Waals surface area contributed by atoms with Crippen LogP contribution in [-0.4, -0.2) is 41.0 Å². The van der Waals surface area contributed by atoms with Crippen LogP contribution >= 0.6 is 0 Å². The van der Waals surface area contributed by atoms with Crippen molar-refractivity contribution in [3.8, 4) is 11.8 Å². The molecular formula is C15H16F3NO3. The molecule has 0 unspecified atom stereocenters. The van der Waals surface area contributed by atoms with E-state index < -0.39 is 17.7 Å². The molecule has 4 nitrogen and oxygen atoms in total. The van der Waals surface area contributed by atoms with E-state index in [1.165, 1.54) is 0 Å². The zero-order chi connectivity index (χ0) is 16.6. The number of carboxylic acids is 1. The van der Waals surface area contributed by atoms with E-state index in [0.717, 1.165) is 18.7 Å². The number of nitrogens with one attached hydrogen (secondary N) is 1. The Bertz CT molecular complexity index is 541. The molecule has 1 saturated heterocycles. The summed E-state index contributed by atoms with van der Waals surface area (Å²) in [4.78, 5) is 8.90. The van der Waals surface area contributed by atoms with Gasteiger partial charge >= 0.3 is 12.1 Å². The normalized spacial score (nSPS) is 16.5. The van der Waals surface area contributed by atoms with Gasteiger partial charge in [-0.15, -0.1) is 0 Å². The van der Waals surface area contributed by atoms with Gasteiger partial charge in [0.1, 0.15) is 5.60 Å². The van der Waals surface area contributed by atoms with Crippen molar-refractivity contribution in [2.24, 2.45) is 0 Å². The van der Waals surface area contributed by atoms with Gasteiger partial charge in [0.15, 0.2) is 0 Å². The van der Waals surface area contributed by atoms with Gasteiger partial charge in [-0.2, -0.15) is 13.2 Å². The van der Waals surface area contributed by atoms with Crippen LogP contribution in [0, 0.1) is 11.8 Å². The fourth-order valence-corrected chi connectivity index (χ4v) is 1.68. The topological polar surface area (TPSA) is 69.6 Å². The predicted molar refractivity (Wildman–Crippen MR) is 74.1 cm³/mol. The van der Waals surface area contributed by atoms with Crippen LogP contribution in [0.4, 0.5) is 13.2 Å². The lowest BCUT2D eigenvalue weighted by molar-refractivity contribution is -0.192. The van der Waals surface area contributed by atoms with E-state index in [1.807, 2.05) is 30.3 Å². The van der Waals surface area contributed by atoms with E-state index in [2.05, 4.69) is 17.2 Å². The van der Waals surface area contributed by atoms with Gasteiger partial charge in [-0.25, -0.2) is 4.79 Å². The Balaban J connectivity index is 0.000000295. The van der Waals surface area contributed by atoms with E-state index in [9.17, 15) is 18.3 Å². The van der Waals surface area contributed by atoms with Crippen molar-refractivity contribution in [3.05, 3.63) is 35.9 Å². The van der Waals surface area contributed by atoms with Crippen LogP contribution in [0.25, 0.3) is 0 Å². The molecule has 22 heavy (non-hydrogen) atoms. The zero-order valence-electron chi connectivity index (χ0n) is 11.7. The minimum Gasteiger partial charge on any atom is -0.475 e. The number of halogens is 3.